The van der Waals surface area contributed by atoms with Crippen LogP contribution in [0.15, 0.2) is 12.1 Å². The summed E-state index contributed by atoms with van der Waals surface area (Å²) in [6, 6.07) is 2.98. The topological polar surface area (TPSA) is 72.5 Å². The monoisotopic (exact) mass is 221 g/mol. The molecule has 3 N–H and O–H groups in total. The number of nitrogen functional groups attached to an aromatic ring is 1. The molecule has 72 valence electrons. The van der Waals surface area contributed by atoms with Crippen LogP contribution in [0.4, 0.5) is 5.69 Å². The number of rotatable bonds is 2. The summed E-state index contributed by atoms with van der Waals surface area (Å²) in [7, 11) is 0. The Morgan fingerprint density at radius 3 is 2.77 bits per heavy atom. The number of benzene rings is 1. The van der Waals surface area contributed by atoms with Gasteiger partial charge in [0.2, 0.25) is 0 Å². The van der Waals surface area contributed by atoms with E-state index in [0.29, 0.717) is 5.02 Å². The van der Waals surface area contributed by atoms with Crippen molar-refractivity contribution in [1.29, 1.82) is 0 Å². The highest BCUT2D eigenvalue weighted by molar-refractivity contribution is 7.74. The molecule has 1 atom stereocenters. The lowest BCUT2D eigenvalue weighted by molar-refractivity contribution is 0.459. The molecule has 0 aliphatic carbocycles. The van der Waals surface area contributed by atoms with Crippen LogP contribution in [-0.4, -0.2) is 8.76 Å². The van der Waals surface area contributed by atoms with Gasteiger partial charge in [-0.2, -0.15) is 4.21 Å². The Kier molecular flexibility index (Phi) is 3.13. The van der Waals surface area contributed by atoms with Gasteiger partial charge in [-0.15, -0.1) is 0 Å². The highest BCUT2D eigenvalue weighted by Gasteiger charge is 2.07. The molecule has 0 bridgehead atoms. The molecule has 13 heavy (non-hydrogen) atoms. The molecule has 1 rings (SSSR count). The van der Waals surface area contributed by atoms with Gasteiger partial charge in [-0.3, -0.25) is 4.55 Å². The van der Waals surface area contributed by atoms with Crippen molar-refractivity contribution in [2.45, 2.75) is 6.92 Å². The van der Waals surface area contributed by atoms with E-state index < -0.39 is 11.4 Å². The summed E-state index contributed by atoms with van der Waals surface area (Å²) in [6.07, 6.45) is 0. The van der Waals surface area contributed by atoms with E-state index in [-0.39, 0.29) is 11.4 Å². The highest BCUT2D eigenvalue weighted by atomic mass is 35.5. The molecule has 6 heteroatoms. The molecular weight excluding hydrogens is 214 g/mol. The standard InChI is InChI=1S/C7H8ClNO3S/c1-4-2-6(9)7(3-5(4)8)12-13(10)11/h2-3H,9H2,1H3,(H,10,11). The molecule has 0 amide bonds. The van der Waals surface area contributed by atoms with Crippen LogP contribution >= 0.6 is 11.6 Å². The normalized spacial score (nSPS) is 12.5. The maximum Gasteiger partial charge on any atom is 0.357 e. The molecule has 1 aromatic rings. The number of aryl methyl sites for hydroxylation is 1. The van der Waals surface area contributed by atoms with Crippen molar-refractivity contribution in [3.8, 4) is 5.75 Å². The number of halogens is 1. The summed E-state index contributed by atoms with van der Waals surface area (Å²) >= 11 is 3.37. The minimum absolute atomic E-state index is 0.108. The average Bonchev–Trinajstić information content (AvgIpc) is 1.99. The molecule has 0 heterocycles. The molecule has 0 fully saturated rings. The Bertz CT molecular complexity index is 356. The van der Waals surface area contributed by atoms with Crippen LogP contribution in [0, 0.1) is 6.92 Å². The van der Waals surface area contributed by atoms with Crippen LogP contribution in [0.5, 0.6) is 5.75 Å². The summed E-state index contributed by atoms with van der Waals surface area (Å²) in [5.41, 5.74) is 6.58. The molecule has 4 nitrogen and oxygen atoms in total. The van der Waals surface area contributed by atoms with Gasteiger partial charge >= 0.3 is 11.4 Å². The third kappa shape index (κ3) is 2.58. The van der Waals surface area contributed by atoms with E-state index in [4.69, 9.17) is 21.9 Å². The van der Waals surface area contributed by atoms with E-state index in [1.807, 2.05) is 0 Å². The van der Waals surface area contributed by atoms with E-state index in [9.17, 15) is 4.21 Å². The lowest BCUT2D eigenvalue weighted by Crippen LogP contribution is -2.01. The lowest BCUT2D eigenvalue weighted by Gasteiger charge is -2.06. The molecule has 0 saturated heterocycles. The molecule has 0 aliphatic heterocycles. The summed E-state index contributed by atoms with van der Waals surface area (Å²) in [5, 5.41) is 0.439. The fourth-order valence-electron chi connectivity index (χ4n) is 0.835. The quantitative estimate of drug-likeness (QED) is 0.590. The van der Waals surface area contributed by atoms with E-state index in [0.717, 1.165) is 5.56 Å². The van der Waals surface area contributed by atoms with Gasteiger partial charge in [-0.25, -0.2) is 0 Å². The molecular formula is C7H8ClNO3S. The first-order valence-corrected chi connectivity index (χ1v) is 4.76. The molecule has 0 aliphatic rings. The Labute approximate surface area is 83.1 Å². The number of nitrogens with two attached hydrogens (primary N) is 1. The Morgan fingerprint density at radius 2 is 2.23 bits per heavy atom. The summed E-state index contributed by atoms with van der Waals surface area (Å²) in [4.78, 5) is 0. The second kappa shape index (κ2) is 3.95. The van der Waals surface area contributed by atoms with Crippen LogP contribution in [0.25, 0.3) is 0 Å². The number of hydrogen-bond donors (Lipinski definition) is 2. The Morgan fingerprint density at radius 1 is 1.62 bits per heavy atom. The zero-order valence-corrected chi connectivity index (χ0v) is 8.35. The van der Waals surface area contributed by atoms with Gasteiger partial charge in [0.15, 0.2) is 5.75 Å². The van der Waals surface area contributed by atoms with Crippen LogP contribution in [0.3, 0.4) is 0 Å². The zero-order chi connectivity index (χ0) is 10.0. The first-order chi connectivity index (χ1) is 6.00. The van der Waals surface area contributed by atoms with Crippen molar-refractivity contribution in [3.63, 3.8) is 0 Å². The predicted octanol–water partition coefficient (Wildman–Crippen LogP) is 1.75. The van der Waals surface area contributed by atoms with E-state index in [2.05, 4.69) is 4.18 Å². The fraction of sp³-hybridized carbons (Fsp3) is 0.143. The molecule has 1 aromatic carbocycles. The minimum Gasteiger partial charge on any atom is -0.396 e. The SMILES string of the molecule is Cc1cc(N)c(OS(=O)O)cc1Cl. The maximum atomic E-state index is 10.3. The van der Waals surface area contributed by atoms with Gasteiger partial charge in [-0.1, -0.05) is 11.6 Å². The van der Waals surface area contributed by atoms with Crippen molar-refractivity contribution in [2.24, 2.45) is 0 Å². The van der Waals surface area contributed by atoms with E-state index in [1.54, 1.807) is 13.0 Å². The average molecular weight is 222 g/mol. The van der Waals surface area contributed by atoms with Gasteiger partial charge in [0.1, 0.15) is 0 Å². The highest BCUT2D eigenvalue weighted by Crippen LogP contribution is 2.28. The Hall–Kier alpha value is -0.780. The van der Waals surface area contributed by atoms with E-state index in [1.165, 1.54) is 6.07 Å². The van der Waals surface area contributed by atoms with Gasteiger partial charge < -0.3 is 9.92 Å². The van der Waals surface area contributed by atoms with Crippen LogP contribution in [0.1, 0.15) is 5.56 Å². The number of anilines is 1. The molecule has 0 aromatic heterocycles. The van der Waals surface area contributed by atoms with Crippen molar-refractivity contribution in [1.82, 2.24) is 0 Å². The predicted molar refractivity (Wildman–Crippen MR) is 52.0 cm³/mol. The second-order valence-electron chi connectivity index (χ2n) is 2.44. The first kappa shape index (κ1) is 10.3. The molecule has 1 unspecified atom stereocenters. The summed E-state index contributed by atoms with van der Waals surface area (Å²) < 4.78 is 23.2. The third-order valence-electron chi connectivity index (χ3n) is 1.45. The third-order valence-corrected chi connectivity index (χ3v) is 2.18. The van der Waals surface area contributed by atoms with Gasteiger partial charge in [0, 0.05) is 11.1 Å². The first-order valence-electron chi connectivity index (χ1n) is 3.35. The zero-order valence-electron chi connectivity index (χ0n) is 6.78. The van der Waals surface area contributed by atoms with Crippen LogP contribution in [0.2, 0.25) is 5.02 Å². The minimum atomic E-state index is -2.38. The van der Waals surface area contributed by atoms with Gasteiger partial charge in [-0.05, 0) is 18.6 Å². The lowest BCUT2D eigenvalue weighted by atomic mass is 10.2. The maximum absolute atomic E-state index is 10.3. The molecule has 0 radical (unpaired) electrons. The van der Waals surface area contributed by atoms with Gasteiger partial charge in [0.05, 0.1) is 5.69 Å². The second-order valence-corrected chi connectivity index (χ2v) is 3.45. The molecule has 0 saturated carbocycles. The van der Waals surface area contributed by atoms with Crippen molar-refractivity contribution in [2.75, 3.05) is 5.73 Å². The van der Waals surface area contributed by atoms with Gasteiger partial charge in [0.25, 0.3) is 0 Å². The van der Waals surface area contributed by atoms with E-state index >= 15 is 0 Å². The Balaban J connectivity index is 3.08. The van der Waals surface area contributed by atoms with Crippen LogP contribution < -0.4 is 9.92 Å². The van der Waals surface area contributed by atoms with Crippen LogP contribution in [-0.2, 0) is 11.4 Å². The fourth-order valence-corrected chi connectivity index (χ4v) is 1.29. The van der Waals surface area contributed by atoms with Crippen molar-refractivity contribution >= 4 is 28.6 Å². The van der Waals surface area contributed by atoms with Crippen molar-refractivity contribution < 1.29 is 12.9 Å². The molecule has 0 spiro atoms. The summed E-state index contributed by atoms with van der Waals surface area (Å²) in [5.74, 6) is 0.108. The summed E-state index contributed by atoms with van der Waals surface area (Å²) in [6.45, 7) is 1.78. The van der Waals surface area contributed by atoms with Crippen molar-refractivity contribution in [3.05, 3.63) is 22.7 Å². The number of hydrogen-bond acceptors (Lipinski definition) is 3. The smallest absolute Gasteiger partial charge is 0.357 e. The largest absolute Gasteiger partial charge is 0.396 e.